The molecule has 0 fully saturated rings. The zero-order valence-electron chi connectivity index (χ0n) is 11.4. The maximum Gasteiger partial charge on any atom is 0.148 e. The van der Waals surface area contributed by atoms with Crippen molar-refractivity contribution in [2.24, 2.45) is 0 Å². The van der Waals surface area contributed by atoms with Crippen LogP contribution < -0.4 is 0 Å². The van der Waals surface area contributed by atoms with Crippen molar-refractivity contribution in [2.45, 2.75) is 18.7 Å². The third-order valence-electron chi connectivity index (χ3n) is 3.31. The van der Waals surface area contributed by atoms with Crippen LogP contribution in [0.5, 0.6) is 0 Å². The molecular formula is C17H16OS. The molecule has 0 unspecified atom stereocenters. The van der Waals surface area contributed by atoms with E-state index in [1.54, 1.807) is 11.8 Å². The summed E-state index contributed by atoms with van der Waals surface area (Å²) in [5, 5.41) is 1.23. The minimum atomic E-state index is 0.983. The molecule has 2 heteroatoms. The molecule has 3 rings (SSSR count). The van der Waals surface area contributed by atoms with Gasteiger partial charge in [0.2, 0.25) is 0 Å². The zero-order chi connectivity index (χ0) is 13.4. The van der Waals surface area contributed by atoms with Gasteiger partial charge in [-0.2, -0.15) is 0 Å². The highest BCUT2D eigenvalue weighted by atomic mass is 32.2. The maximum atomic E-state index is 6.14. The Morgan fingerprint density at radius 1 is 1.00 bits per heavy atom. The van der Waals surface area contributed by atoms with E-state index < -0.39 is 0 Å². The quantitative estimate of drug-likeness (QED) is 0.574. The number of fused-ring (bicyclic) bond motifs is 1. The van der Waals surface area contributed by atoms with E-state index in [2.05, 4.69) is 44.4 Å². The number of hydrogen-bond donors (Lipinski definition) is 0. The van der Waals surface area contributed by atoms with Gasteiger partial charge < -0.3 is 4.42 Å². The van der Waals surface area contributed by atoms with Crippen LogP contribution in [0.25, 0.3) is 22.3 Å². The van der Waals surface area contributed by atoms with E-state index in [0.717, 1.165) is 16.9 Å². The van der Waals surface area contributed by atoms with Crippen LogP contribution in [0.2, 0.25) is 0 Å². The fourth-order valence-electron chi connectivity index (χ4n) is 2.51. The second-order valence-corrected chi connectivity index (χ2v) is 5.61. The van der Waals surface area contributed by atoms with E-state index in [9.17, 15) is 0 Å². The monoisotopic (exact) mass is 268 g/mol. The van der Waals surface area contributed by atoms with Crippen LogP contribution in [0.15, 0.2) is 51.8 Å². The Balaban J connectivity index is 2.35. The molecule has 0 saturated heterocycles. The molecule has 0 bridgehead atoms. The van der Waals surface area contributed by atoms with Crippen LogP contribution in [0.1, 0.15) is 11.1 Å². The Morgan fingerprint density at radius 2 is 1.74 bits per heavy atom. The molecular weight excluding hydrogens is 252 g/mol. The first kappa shape index (κ1) is 12.4. The summed E-state index contributed by atoms with van der Waals surface area (Å²) in [6.07, 6.45) is 2.11. The van der Waals surface area contributed by atoms with Crippen LogP contribution in [0, 0.1) is 13.8 Å². The second-order valence-electron chi connectivity index (χ2n) is 4.79. The molecule has 1 nitrogen and oxygen atoms in total. The van der Waals surface area contributed by atoms with Crippen molar-refractivity contribution in [3.05, 3.63) is 53.6 Å². The lowest BCUT2D eigenvalue weighted by molar-refractivity contribution is 0.622. The van der Waals surface area contributed by atoms with E-state index in [1.165, 1.54) is 21.4 Å². The summed E-state index contributed by atoms with van der Waals surface area (Å²) in [6.45, 7) is 4.24. The minimum absolute atomic E-state index is 0.983. The first-order valence-electron chi connectivity index (χ1n) is 6.34. The van der Waals surface area contributed by atoms with Crippen molar-refractivity contribution < 1.29 is 4.42 Å². The summed E-state index contributed by atoms with van der Waals surface area (Å²) in [7, 11) is 0. The van der Waals surface area contributed by atoms with Crippen LogP contribution >= 0.6 is 11.8 Å². The second kappa shape index (κ2) is 4.78. The van der Waals surface area contributed by atoms with Gasteiger partial charge in [-0.15, -0.1) is 11.8 Å². The van der Waals surface area contributed by atoms with Crippen LogP contribution in [-0.2, 0) is 0 Å². The van der Waals surface area contributed by atoms with Gasteiger partial charge in [0.05, 0.1) is 4.90 Å². The smallest absolute Gasteiger partial charge is 0.148 e. The molecule has 2 aromatic carbocycles. The Bertz CT molecular complexity index is 726. The molecule has 0 aliphatic heterocycles. The van der Waals surface area contributed by atoms with E-state index in [1.807, 2.05) is 18.2 Å². The first-order valence-corrected chi connectivity index (χ1v) is 7.56. The Hall–Kier alpha value is -1.67. The predicted molar refractivity (Wildman–Crippen MR) is 82.9 cm³/mol. The van der Waals surface area contributed by atoms with Gasteiger partial charge in [-0.25, -0.2) is 0 Å². The Kier molecular flexibility index (Phi) is 3.11. The Labute approximate surface area is 117 Å². The standard InChI is InChI=1S/C17H16OS/c1-11-9-12(2)15-14(10-11)17(19-3)16(18-15)13-7-5-4-6-8-13/h4-10H,1-3H3. The van der Waals surface area contributed by atoms with Gasteiger partial charge in [0.25, 0.3) is 0 Å². The molecule has 1 heterocycles. The van der Waals surface area contributed by atoms with Crippen molar-refractivity contribution in [2.75, 3.05) is 6.26 Å². The summed E-state index contributed by atoms with van der Waals surface area (Å²) in [5.41, 5.74) is 4.63. The van der Waals surface area contributed by atoms with Crippen molar-refractivity contribution in [3.8, 4) is 11.3 Å². The lowest BCUT2D eigenvalue weighted by Crippen LogP contribution is -1.78. The van der Waals surface area contributed by atoms with Gasteiger partial charge in [-0.05, 0) is 37.3 Å². The Morgan fingerprint density at radius 3 is 2.42 bits per heavy atom. The highest BCUT2D eigenvalue weighted by Crippen LogP contribution is 2.40. The van der Waals surface area contributed by atoms with Crippen LogP contribution in [0.3, 0.4) is 0 Å². The molecule has 1 aromatic heterocycles. The molecule has 19 heavy (non-hydrogen) atoms. The fourth-order valence-corrected chi connectivity index (χ4v) is 3.23. The van der Waals surface area contributed by atoms with Gasteiger partial charge in [0, 0.05) is 10.9 Å². The number of aryl methyl sites for hydroxylation is 2. The van der Waals surface area contributed by atoms with E-state index in [4.69, 9.17) is 4.42 Å². The molecule has 0 saturated carbocycles. The van der Waals surface area contributed by atoms with E-state index in [-0.39, 0.29) is 0 Å². The largest absolute Gasteiger partial charge is 0.455 e. The van der Waals surface area contributed by atoms with E-state index >= 15 is 0 Å². The van der Waals surface area contributed by atoms with Gasteiger partial charge in [0.15, 0.2) is 0 Å². The summed E-state index contributed by atoms with van der Waals surface area (Å²) in [4.78, 5) is 1.23. The molecule has 96 valence electrons. The first-order chi connectivity index (χ1) is 9.20. The van der Waals surface area contributed by atoms with Gasteiger partial charge in [-0.3, -0.25) is 0 Å². The van der Waals surface area contributed by atoms with Crippen molar-refractivity contribution in [3.63, 3.8) is 0 Å². The van der Waals surface area contributed by atoms with Gasteiger partial charge >= 0.3 is 0 Å². The topological polar surface area (TPSA) is 13.1 Å². The summed E-state index contributed by atoms with van der Waals surface area (Å²) in [6, 6.07) is 14.7. The third-order valence-corrected chi connectivity index (χ3v) is 4.13. The average Bonchev–Trinajstić information content (AvgIpc) is 2.78. The predicted octanol–water partition coefficient (Wildman–Crippen LogP) is 5.44. The average molecular weight is 268 g/mol. The number of benzene rings is 2. The van der Waals surface area contributed by atoms with Crippen molar-refractivity contribution in [1.29, 1.82) is 0 Å². The van der Waals surface area contributed by atoms with Gasteiger partial charge in [-0.1, -0.05) is 36.4 Å². The number of rotatable bonds is 2. The van der Waals surface area contributed by atoms with Crippen molar-refractivity contribution >= 4 is 22.7 Å². The normalized spacial score (nSPS) is 11.1. The number of hydrogen-bond acceptors (Lipinski definition) is 2. The SMILES string of the molecule is CSc1c(-c2ccccc2)oc2c(C)cc(C)cc12. The molecule has 0 aliphatic carbocycles. The maximum absolute atomic E-state index is 6.14. The molecule has 0 spiro atoms. The zero-order valence-corrected chi connectivity index (χ0v) is 12.2. The molecule has 0 amide bonds. The molecule has 3 aromatic rings. The minimum Gasteiger partial charge on any atom is -0.455 e. The molecule has 0 radical (unpaired) electrons. The molecule has 0 N–H and O–H groups in total. The molecule has 0 aliphatic rings. The summed E-state index contributed by atoms with van der Waals surface area (Å²) < 4.78 is 6.14. The van der Waals surface area contributed by atoms with Crippen LogP contribution in [-0.4, -0.2) is 6.26 Å². The lowest BCUT2D eigenvalue weighted by Gasteiger charge is -1.99. The number of thioether (sulfide) groups is 1. The van der Waals surface area contributed by atoms with E-state index in [0.29, 0.717) is 0 Å². The highest BCUT2D eigenvalue weighted by molar-refractivity contribution is 7.99. The highest BCUT2D eigenvalue weighted by Gasteiger charge is 2.16. The fraction of sp³-hybridized carbons (Fsp3) is 0.176. The van der Waals surface area contributed by atoms with Gasteiger partial charge in [0.1, 0.15) is 11.3 Å². The third kappa shape index (κ3) is 2.06. The molecule has 0 atom stereocenters. The number of furan rings is 1. The van der Waals surface area contributed by atoms with Crippen molar-refractivity contribution in [1.82, 2.24) is 0 Å². The van der Waals surface area contributed by atoms with Crippen LogP contribution in [0.4, 0.5) is 0 Å². The lowest BCUT2D eigenvalue weighted by atomic mass is 10.1. The summed E-state index contributed by atoms with van der Waals surface area (Å²) >= 11 is 1.75. The summed E-state index contributed by atoms with van der Waals surface area (Å²) in [5.74, 6) is 0.983.